The van der Waals surface area contributed by atoms with Crippen molar-refractivity contribution in [1.82, 2.24) is 10.2 Å². The number of carboxylic acid groups (broad SMARTS) is 1. The van der Waals surface area contributed by atoms with Gasteiger partial charge in [0.25, 0.3) is 0 Å². The van der Waals surface area contributed by atoms with Gasteiger partial charge in [0.2, 0.25) is 0 Å². The van der Waals surface area contributed by atoms with Crippen molar-refractivity contribution in [2.45, 2.75) is 25.9 Å². The summed E-state index contributed by atoms with van der Waals surface area (Å²) in [5, 5.41) is 11.2. The van der Waals surface area contributed by atoms with Crippen LogP contribution >= 0.6 is 0 Å². The molecular weight excluding hydrogens is 251 g/mol. The minimum atomic E-state index is -1.09. The summed E-state index contributed by atoms with van der Waals surface area (Å²) in [5.74, 6) is -1.48. The molecule has 5 nitrogen and oxygen atoms in total. The molecule has 0 unspecified atom stereocenters. The number of aliphatic carboxylic acids is 1. The Morgan fingerprint density at radius 2 is 2.05 bits per heavy atom. The van der Waals surface area contributed by atoms with Crippen LogP contribution in [0.2, 0.25) is 0 Å². The van der Waals surface area contributed by atoms with Crippen LogP contribution in [0.1, 0.15) is 18.9 Å². The molecule has 2 N–H and O–H groups in total. The van der Waals surface area contributed by atoms with Gasteiger partial charge in [0.1, 0.15) is 11.9 Å². The molecule has 0 radical (unpaired) electrons. The molecule has 0 aliphatic carbocycles. The maximum absolute atomic E-state index is 13.4. The molecule has 104 valence electrons. The topological polar surface area (TPSA) is 69.6 Å². The second-order valence-corrected chi connectivity index (χ2v) is 4.20. The van der Waals surface area contributed by atoms with E-state index in [2.05, 4.69) is 5.32 Å². The summed E-state index contributed by atoms with van der Waals surface area (Å²) in [7, 11) is 1.48. The number of carbonyl (C=O) groups is 2. The van der Waals surface area contributed by atoms with Crippen LogP contribution in [-0.2, 0) is 11.3 Å². The molecule has 19 heavy (non-hydrogen) atoms. The van der Waals surface area contributed by atoms with Crippen molar-refractivity contribution in [2.24, 2.45) is 0 Å². The van der Waals surface area contributed by atoms with Gasteiger partial charge < -0.3 is 15.3 Å². The van der Waals surface area contributed by atoms with Crippen LogP contribution in [0.15, 0.2) is 24.3 Å². The maximum Gasteiger partial charge on any atom is 0.326 e. The Balaban J connectivity index is 2.63. The third-order valence-corrected chi connectivity index (χ3v) is 2.72. The van der Waals surface area contributed by atoms with Gasteiger partial charge in [0, 0.05) is 19.2 Å². The van der Waals surface area contributed by atoms with E-state index in [1.54, 1.807) is 25.1 Å². The van der Waals surface area contributed by atoms with Gasteiger partial charge in [-0.2, -0.15) is 0 Å². The average Bonchev–Trinajstić information content (AvgIpc) is 2.37. The maximum atomic E-state index is 13.4. The van der Waals surface area contributed by atoms with Crippen LogP contribution in [0.3, 0.4) is 0 Å². The smallest absolute Gasteiger partial charge is 0.326 e. The van der Waals surface area contributed by atoms with Gasteiger partial charge in [-0.1, -0.05) is 25.1 Å². The van der Waals surface area contributed by atoms with E-state index in [0.717, 1.165) is 0 Å². The lowest BCUT2D eigenvalue weighted by Gasteiger charge is -2.21. The Bertz CT molecular complexity index is 465. The van der Waals surface area contributed by atoms with Crippen LogP contribution in [0, 0.1) is 5.82 Å². The van der Waals surface area contributed by atoms with Crippen molar-refractivity contribution in [3.8, 4) is 0 Å². The zero-order valence-electron chi connectivity index (χ0n) is 10.9. The number of hydrogen-bond acceptors (Lipinski definition) is 2. The quantitative estimate of drug-likeness (QED) is 0.856. The minimum Gasteiger partial charge on any atom is -0.480 e. The first-order valence-electron chi connectivity index (χ1n) is 5.93. The lowest BCUT2D eigenvalue weighted by atomic mass is 10.2. The number of carboxylic acids is 1. The van der Waals surface area contributed by atoms with E-state index in [1.807, 2.05) is 0 Å². The van der Waals surface area contributed by atoms with Crippen LogP contribution in [-0.4, -0.2) is 35.1 Å². The second kappa shape index (κ2) is 6.72. The van der Waals surface area contributed by atoms with Crippen molar-refractivity contribution in [2.75, 3.05) is 7.05 Å². The Labute approximate surface area is 111 Å². The van der Waals surface area contributed by atoms with Crippen LogP contribution in [0.4, 0.5) is 9.18 Å². The molecule has 0 heterocycles. The average molecular weight is 268 g/mol. The highest BCUT2D eigenvalue weighted by molar-refractivity contribution is 5.82. The highest BCUT2D eigenvalue weighted by Crippen LogP contribution is 2.09. The Kier molecular flexibility index (Phi) is 5.29. The first-order valence-corrected chi connectivity index (χ1v) is 5.93. The van der Waals surface area contributed by atoms with Gasteiger partial charge in [-0.15, -0.1) is 0 Å². The number of nitrogens with zero attached hydrogens (tertiary/aromatic N) is 1. The molecule has 0 spiro atoms. The Morgan fingerprint density at radius 1 is 1.42 bits per heavy atom. The number of carbonyl (C=O) groups excluding carboxylic acids is 1. The molecular formula is C13H17FN2O3. The molecule has 0 saturated heterocycles. The molecule has 6 heteroatoms. The summed E-state index contributed by atoms with van der Waals surface area (Å²) >= 11 is 0. The SMILES string of the molecule is CC[C@H](NC(=O)N(C)Cc1ccccc1F)C(=O)O. The zero-order chi connectivity index (χ0) is 14.4. The number of nitrogens with one attached hydrogen (secondary N) is 1. The highest BCUT2D eigenvalue weighted by atomic mass is 19.1. The predicted molar refractivity (Wildman–Crippen MR) is 68.1 cm³/mol. The van der Waals surface area contributed by atoms with Gasteiger partial charge in [0.15, 0.2) is 0 Å². The molecule has 0 aliphatic heterocycles. The third kappa shape index (κ3) is 4.24. The summed E-state index contributed by atoms with van der Waals surface area (Å²) in [5.41, 5.74) is 0.378. The lowest BCUT2D eigenvalue weighted by Crippen LogP contribution is -2.46. The fourth-order valence-corrected chi connectivity index (χ4v) is 1.55. The van der Waals surface area contributed by atoms with E-state index in [4.69, 9.17) is 5.11 Å². The molecule has 0 bridgehead atoms. The second-order valence-electron chi connectivity index (χ2n) is 4.20. The Hall–Kier alpha value is -2.11. The van der Waals surface area contributed by atoms with E-state index >= 15 is 0 Å². The molecule has 0 fully saturated rings. The molecule has 1 atom stereocenters. The molecule has 0 aromatic heterocycles. The molecule has 1 aromatic rings. The summed E-state index contributed by atoms with van der Waals surface area (Å²) in [6, 6.07) is 4.65. The number of amides is 2. The van der Waals surface area contributed by atoms with Crippen molar-refractivity contribution < 1.29 is 19.1 Å². The third-order valence-electron chi connectivity index (χ3n) is 2.72. The lowest BCUT2D eigenvalue weighted by molar-refractivity contribution is -0.139. The minimum absolute atomic E-state index is 0.0779. The molecule has 0 saturated carbocycles. The number of urea groups is 1. The number of benzene rings is 1. The summed E-state index contributed by atoms with van der Waals surface area (Å²) in [6.07, 6.45) is 0.286. The van der Waals surface area contributed by atoms with Crippen molar-refractivity contribution in [3.63, 3.8) is 0 Å². The van der Waals surface area contributed by atoms with Gasteiger partial charge in [0.05, 0.1) is 0 Å². The van der Waals surface area contributed by atoms with Gasteiger partial charge in [-0.3, -0.25) is 0 Å². The Morgan fingerprint density at radius 3 is 2.58 bits per heavy atom. The predicted octanol–water partition coefficient (Wildman–Crippen LogP) is 1.83. The zero-order valence-corrected chi connectivity index (χ0v) is 10.9. The van der Waals surface area contributed by atoms with Crippen LogP contribution in [0.5, 0.6) is 0 Å². The standard InChI is InChI=1S/C13H17FN2O3/c1-3-11(12(17)18)15-13(19)16(2)8-9-6-4-5-7-10(9)14/h4-7,11H,3,8H2,1-2H3,(H,15,19)(H,17,18)/t11-/m0/s1. The fraction of sp³-hybridized carbons (Fsp3) is 0.385. The van der Waals surface area contributed by atoms with Crippen molar-refractivity contribution >= 4 is 12.0 Å². The van der Waals surface area contributed by atoms with E-state index in [0.29, 0.717) is 5.56 Å². The van der Waals surface area contributed by atoms with Crippen LogP contribution < -0.4 is 5.32 Å². The fourth-order valence-electron chi connectivity index (χ4n) is 1.55. The first-order chi connectivity index (χ1) is 8.95. The summed E-state index contributed by atoms with van der Waals surface area (Å²) in [4.78, 5) is 23.8. The van der Waals surface area contributed by atoms with E-state index in [1.165, 1.54) is 18.0 Å². The van der Waals surface area contributed by atoms with E-state index < -0.39 is 23.9 Å². The van der Waals surface area contributed by atoms with Crippen molar-refractivity contribution in [1.29, 1.82) is 0 Å². The van der Waals surface area contributed by atoms with Crippen molar-refractivity contribution in [3.05, 3.63) is 35.6 Å². The number of rotatable bonds is 5. The summed E-state index contributed by atoms with van der Waals surface area (Å²) < 4.78 is 13.4. The monoisotopic (exact) mass is 268 g/mol. The molecule has 2 amide bonds. The van der Waals surface area contributed by atoms with Crippen LogP contribution in [0.25, 0.3) is 0 Å². The highest BCUT2D eigenvalue weighted by Gasteiger charge is 2.20. The largest absolute Gasteiger partial charge is 0.480 e. The number of halogens is 1. The van der Waals surface area contributed by atoms with Gasteiger partial charge in [-0.05, 0) is 12.5 Å². The molecule has 0 aliphatic rings. The summed E-state index contributed by atoms with van der Waals surface area (Å²) in [6.45, 7) is 1.74. The van der Waals surface area contributed by atoms with E-state index in [9.17, 15) is 14.0 Å². The van der Waals surface area contributed by atoms with E-state index in [-0.39, 0.29) is 13.0 Å². The molecule has 1 aromatic carbocycles. The normalized spacial score (nSPS) is 11.7. The first kappa shape index (κ1) is 14.9. The number of hydrogen-bond donors (Lipinski definition) is 2. The van der Waals surface area contributed by atoms with Gasteiger partial charge >= 0.3 is 12.0 Å². The van der Waals surface area contributed by atoms with Gasteiger partial charge in [-0.25, -0.2) is 14.0 Å². The molecule has 1 rings (SSSR count).